The predicted molar refractivity (Wildman–Crippen MR) is 95.9 cm³/mol. The Bertz CT molecular complexity index is 762. The number of hydrogen-bond donors (Lipinski definition) is 3. The average Bonchev–Trinajstić information content (AvgIpc) is 2.63. The fourth-order valence-corrected chi connectivity index (χ4v) is 3.19. The second kappa shape index (κ2) is 8.09. The second-order valence-corrected chi connectivity index (χ2v) is 6.24. The van der Waals surface area contributed by atoms with Crippen LogP contribution in [0, 0.1) is 0 Å². The fourth-order valence-electron chi connectivity index (χ4n) is 3.19. The maximum Gasteiger partial charge on any atom is 0.237 e. The van der Waals surface area contributed by atoms with E-state index >= 15 is 0 Å². The minimum absolute atomic E-state index is 0.0966. The van der Waals surface area contributed by atoms with E-state index in [1.807, 2.05) is 17.0 Å². The summed E-state index contributed by atoms with van der Waals surface area (Å²) in [5, 5.41) is 16.6. The molecule has 1 aliphatic heterocycles. The molecule has 3 rings (SSSR count). The normalized spacial score (nSPS) is 18.1. The molecule has 25 heavy (non-hydrogen) atoms. The van der Waals surface area contributed by atoms with Crippen molar-refractivity contribution in [3.63, 3.8) is 0 Å². The molecule has 1 fully saturated rings. The van der Waals surface area contributed by atoms with Gasteiger partial charge in [-0.3, -0.25) is 14.5 Å². The Morgan fingerprint density at radius 2 is 2.04 bits per heavy atom. The van der Waals surface area contributed by atoms with Crippen molar-refractivity contribution in [2.45, 2.75) is 19.0 Å². The van der Waals surface area contributed by atoms with Gasteiger partial charge in [0.05, 0.1) is 19.1 Å². The molecule has 0 spiro atoms. The zero-order chi connectivity index (χ0) is 17.6. The smallest absolute Gasteiger partial charge is 0.237 e. The lowest BCUT2D eigenvalue weighted by Gasteiger charge is -2.34. The first-order chi connectivity index (χ1) is 12.2. The molecule has 0 saturated carbocycles. The van der Waals surface area contributed by atoms with Gasteiger partial charge in [0, 0.05) is 26.2 Å². The summed E-state index contributed by atoms with van der Waals surface area (Å²) < 4.78 is 0. The minimum Gasteiger partial charge on any atom is -0.395 e. The van der Waals surface area contributed by atoms with Gasteiger partial charge in [0.2, 0.25) is 11.8 Å². The molecule has 2 aromatic carbocycles. The molecular weight excluding hydrogens is 318 g/mol. The first-order valence-electron chi connectivity index (χ1n) is 8.54. The first kappa shape index (κ1) is 17.4. The maximum atomic E-state index is 12.2. The number of hydrogen-bond acceptors (Lipinski definition) is 4. The highest BCUT2D eigenvalue weighted by Gasteiger charge is 2.31. The molecule has 1 heterocycles. The minimum atomic E-state index is -0.487. The Morgan fingerprint density at radius 3 is 2.84 bits per heavy atom. The van der Waals surface area contributed by atoms with Gasteiger partial charge < -0.3 is 15.7 Å². The van der Waals surface area contributed by atoms with E-state index in [1.165, 1.54) is 10.8 Å². The summed E-state index contributed by atoms with van der Waals surface area (Å²) in [5.41, 5.74) is 1.12. The van der Waals surface area contributed by atoms with Crippen LogP contribution in [0.5, 0.6) is 0 Å². The molecule has 0 aromatic heterocycles. The number of carbonyl (C=O) groups is 2. The van der Waals surface area contributed by atoms with Crippen molar-refractivity contribution in [3.05, 3.63) is 48.0 Å². The van der Waals surface area contributed by atoms with Crippen LogP contribution in [0.3, 0.4) is 0 Å². The third kappa shape index (κ3) is 4.35. The van der Waals surface area contributed by atoms with E-state index in [0.717, 1.165) is 5.56 Å². The number of rotatable bonds is 6. The Balaban J connectivity index is 1.72. The number of fused-ring (bicyclic) bond motifs is 1. The molecule has 132 valence electrons. The van der Waals surface area contributed by atoms with Crippen LogP contribution < -0.4 is 10.6 Å². The number of aliphatic hydroxyl groups is 1. The number of carbonyl (C=O) groups excluding carboxylic acids is 2. The highest BCUT2D eigenvalue weighted by Crippen LogP contribution is 2.19. The van der Waals surface area contributed by atoms with E-state index in [0.29, 0.717) is 19.6 Å². The van der Waals surface area contributed by atoms with E-state index in [4.69, 9.17) is 5.11 Å². The van der Waals surface area contributed by atoms with Gasteiger partial charge in [-0.05, 0) is 22.4 Å². The van der Waals surface area contributed by atoms with Gasteiger partial charge >= 0.3 is 0 Å². The van der Waals surface area contributed by atoms with Gasteiger partial charge in [-0.15, -0.1) is 0 Å². The van der Waals surface area contributed by atoms with Gasteiger partial charge in [0.15, 0.2) is 0 Å². The van der Waals surface area contributed by atoms with Gasteiger partial charge in [0.1, 0.15) is 0 Å². The summed E-state index contributed by atoms with van der Waals surface area (Å²) in [6.45, 7) is 2.01. The number of aliphatic hydroxyl groups excluding tert-OH is 1. The van der Waals surface area contributed by atoms with E-state index in [9.17, 15) is 9.59 Å². The SMILES string of the molecule is O=C(CC1C(=O)NCCN1Cc1ccc2ccccc2c1)NCCO. The van der Waals surface area contributed by atoms with E-state index < -0.39 is 6.04 Å². The molecule has 6 nitrogen and oxygen atoms in total. The lowest BCUT2D eigenvalue weighted by molar-refractivity contribution is -0.134. The van der Waals surface area contributed by atoms with Crippen LogP contribution in [0.1, 0.15) is 12.0 Å². The monoisotopic (exact) mass is 341 g/mol. The molecule has 2 aromatic rings. The van der Waals surface area contributed by atoms with Crippen molar-refractivity contribution >= 4 is 22.6 Å². The average molecular weight is 341 g/mol. The molecule has 0 bridgehead atoms. The molecule has 1 atom stereocenters. The predicted octanol–water partition coefficient (Wildman–Crippen LogP) is 0.639. The zero-order valence-corrected chi connectivity index (χ0v) is 14.1. The van der Waals surface area contributed by atoms with Crippen molar-refractivity contribution in [3.8, 4) is 0 Å². The highest BCUT2D eigenvalue weighted by atomic mass is 16.3. The van der Waals surface area contributed by atoms with E-state index in [2.05, 4.69) is 41.0 Å². The van der Waals surface area contributed by atoms with Crippen molar-refractivity contribution in [2.24, 2.45) is 0 Å². The largest absolute Gasteiger partial charge is 0.395 e. The third-order valence-electron chi connectivity index (χ3n) is 4.45. The Kier molecular flexibility index (Phi) is 5.63. The molecule has 3 N–H and O–H groups in total. The van der Waals surface area contributed by atoms with Crippen LogP contribution >= 0.6 is 0 Å². The van der Waals surface area contributed by atoms with Crippen molar-refractivity contribution in [2.75, 3.05) is 26.2 Å². The number of nitrogens with one attached hydrogen (secondary N) is 2. The van der Waals surface area contributed by atoms with Crippen LogP contribution in [0.4, 0.5) is 0 Å². The molecule has 1 aliphatic rings. The molecule has 0 radical (unpaired) electrons. The first-order valence-corrected chi connectivity index (χ1v) is 8.54. The number of benzene rings is 2. The lowest BCUT2D eigenvalue weighted by atomic mass is 10.0. The maximum absolute atomic E-state index is 12.2. The van der Waals surface area contributed by atoms with E-state index in [1.54, 1.807) is 0 Å². The summed E-state index contributed by atoms with van der Waals surface area (Å²) in [7, 11) is 0. The van der Waals surface area contributed by atoms with Gasteiger partial charge in [-0.1, -0.05) is 36.4 Å². The summed E-state index contributed by atoms with van der Waals surface area (Å²) in [5.74, 6) is -0.342. The summed E-state index contributed by atoms with van der Waals surface area (Å²) in [6, 6.07) is 14.0. The quantitative estimate of drug-likeness (QED) is 0.720. The summed E-state index contributed by atoms with van der Waals surface area (Å²) in [4.78, 5) is 26.2. The Hall–Kier alpha value is -2.44. The fraction of sp³-hybridized carbons (Fsp3) is 0.368. The third-order valence-corrected chi connectivity index (χ3v) is 4.45. The second-order valence-electron chi connectivity index (χ2n) is 6.24. The standard InChI is InChI=1S/C19H23N3O3/c23-10-8-20-18(24)12-17-19(25)21-7-9-22(17)13-14-5-6-15-3-1-2-4-16(15)11-14/h1-6,11,17,23H,7-10,12-13H2,(H,20,24)(H,21,25). The molecule has 0 aliphatic carbocycles. The number of nitrogens with zero attached hydrogens (tertiary/aromatic N) is 1. The van der Waals surface area contributed by atoms with Crippen molar-refractivity contribution in [1.82, 2.24) is 15.5 Å². The molecule has 6 heteroatoms. The van der Waals surface area contributed by atoms with Crippen LogP contribution in [0.2, 0.25) is 0 Å². The van der Waals surface area contributed by atoms with Gasteiger partial charge in [-0.2, -0.15) is 0 Å². The lowest BCUT2D eigenvalue weighted by Crippen LogP contribution is -2.56. The van der Waals surface area contributed by atoms with Gasteiger partial charge in [-0.25, -0.2) is 0 Å². The number of amides is 2. The molecular formula is C19H23N3O3. The molecule has 1 unspecified atom stereocenters. The van der Waals surface area contributed by atoms with Crippen LogP contribution in [-0.4, -0.2) is 54.1 Å². The zero-order valence-electron chi connectivity index (χ0n) is 14.1. The van der Waals surface area contributed by atoms with Crippen LogP contribution in [0.25, 0.3) is 10.8 Å². The van der Waals surface area contributed by atoms with Gasteiger partial charge in [0.25, 0.3) is 0 Å². The van der Waals surface area contributed by atoms with Crippen LogP contribution in [0.15, 0.2) is 42.5 Å². The highest BCUT2D eigenvalue weighted by molar-refractivity contribution is 5.89. The molecule has 1 saturated heterocycles. The van der Waals surface area contributed by atoms with E-state index in [-0.39, 0.29) is 31.4 Å². The van der Waals surface area contributed by atoms with Crippen LogP contribution in [-0.2, 0) is 16.1 Å². The van der Waals surface area contributed by atoms with Crippen molar-refractivity contribution < 1.29 is 14.7 Å². The topological polar surface area (TPSA) is 81.7 Å². The summed E-state index contributed by atoms with van der Waals surface area (Å²) in [6.07, 6.45) is 0.0966. The Labute approximate surface area is 146 Å². The Morgan fingerprint density at radius 1 is 1.24 bits per heavy atom. The number of piperazine rings is 1. The van der Waals surface area contributed by atoms with Crippen molar-refractivity contribution in [1.29, 1.82) is 0 Å². The molecule has 2 amide bonds. The summed E-state index contributed by atoms with van der Waals surface area (Å²) >= 11 is 0.